The number of likely N-dealkylation sites (tertiary alicyclic amines) is 1. The third-order valence-electron chi connectivity index (χ3n) is 7.27. The fourth-order valence-corrected chi connectivity index (χ4v) is 6.10. The molecule has 8 heteroatoms. The lowest BCUT2D eigenvalue weighted by Crippen LogP contribution is -2.43. The van der Waals surface area contributed by atoms with E-state index in [0.717, 1.165) is 70.9 Å². The van der Waals surface area contributed by atoms with Crippen molar-refractivity contribution in [3.63, 3.8) is 0 Å². The van der Waals surface area contributed by atoms with Crippen LogP contribution in [0.3, 0.4) is 0 Å². The third kappa shape index (κ3) is 4.94. The van der Waals surface area contributed by atoms with Crippen LogP contribution in [0.5, 0.6) is 0 Å². The number of amides is 3. The average molecular weight is 520 g/mol. The molecule has 2 fully saturated rings. The van der Waals surface area contributed by atoms with Gasteiger partial charge in [-0.05, 0) is 62.1 Å². The number of hydrogen-bond donors (Lipinski definition) is 0. The highest BCUT2D eigenvalue weighted by Gasteiger charge is 2.35. The molecule has 3 aromatic rings. The Hall–Kier alpha value is -3.39. The van der Waals surface area contributed by atoms with Gasteiger partial charge >= 0.3 is 0 Å². The lowest BCUT2D eigenvalue weighted by molar-refractivity contribution is -0.135. The number of hydrogen-bond acceptors (Lipinski definition) is 4. The van der Waals surface area contributed by atoms with E-state index in [9.17, 15) is 18.8 Å². The van der Waals surface area contributed by atoms with E-state index in [1.165, 1.54) is 6.07 Å². The van der Waals surface area contributed by atoms with Gasteiger partial charge in [-0.25, -0.2) is 4.39 Å². The Labute approximate surface area is 220 Å². The van der Waals surface area contributed by atoms with Crippen molar-refractivity contribution in [2.24, 2.45) is 0 Å². The average Bonchev–Trinajstić information content (AvgIpc) is 3.37. The van der Waals surface area contributed by atoms with E-state index in [1.54, 1.807) is 24.3 Å². The minimum absolute atomic E-state index is 0.0896. The van der Waals surface area contributed by atoms with E-state index in [0.29, 0.717) is 10.5 Å². The van der Waals surface area contributed by atoms with Crippen LogP contribution in [0.4, 0.5) is 9.18 Å². The fourth-order valence-electron chi connectivity index (χ4n) is 5.27. The molecular weight excluding hydrogens is 489 g/mol. The van der Waals surface area contributed by atoms with Gasteiger partial charge in [0, 0.05) is 35.3 Å². The van der Waals surface area contributed by atoms with Crippen LogP contribution >= 0.6 is 11.8 Å². The number of benzene rings is 2. The van der Waals surface area contributed by atoms with Crippen LogP contribution in [0.1, 0.15) is 49.8 Å². The molecule has 0 bridgehead atoms. The highest BCUT2D eigenvalue weighted by molar-refractivity contribution is 8.18. The fraction of sp³-hybridized carbons (Fsp3) is 0.345. The highest BCUT2D eigenvalue weighted by atomic mass is 32.2. The monoisotopic (exact) mass is 519 g/mol. The van der Waals surface area contributed by atoms with Crippen LogP contribution in [0.2, 0.25) is 0 Å². The SMILES string of the molecule is CCc1cccc2c(/C=C3\SC(=O)N(Cc4ccccc4F)C3=O)cn(CC(=O)N3CCCC[C@@H]3C)c12. The van der Waals surface area contributed by atoms with Gasteiger partial charge in [0.1, 0.15) is 12.4 Å². The molecule has 2 aliphatic rings. The van der Waals surface area contributed by atoms with Gasteiger partial charge in [-0.1, -0.05) is 43.3 Å². The van der Waals surface area contributed by atoms with Crippen LogP contribution in [-0.2, 0) is 29.1 Å². The zero-order valence-electron chi connectivity index (χ0n) is 21.1. The summed E-state index contributed by atoms with van der Waals surface area (Å²) in [5.41, 5.74) is 3.16. The molecule has 1 atom stereocenters. The molecule has 0 spiro atoms. The summed E-state index contributed by atoms with van der Waals surface area (Å²) in [6.45, 7) is 5.07. The molecule has 0 N–H and O–H groups in total. The maximum atomic E-state index is 14.1. The van der Waals surface area contributed by atoms with Gasteiger partial charge in [-0.2, -0.15) is 0 Å². The molecule has 0 radical (unpaired) electrons. The zero-order valence-corrected chi connectivity index (χ0v) is 21.9. The van der Waals surface area contributed by atoms with Crippen molar-refractivity contribution in [1.82, 2.24) is 14.4 Å². The van der Waals surface area contributed by atoms with Crippen molar-refractivity contribution < 1.29 is 18.8 Å². The van der Waals surface area contributed by atoms with Gasteiger partial charge in [0.2, 0.25) is 5.91 Å². The Morgan fingerprint density at radius 1 is 1.11 bits per heavy atom. The lowest BCUT2D eigenvalue weighted by atomic mass is 10.0. The summed E-state index contributed by atoms with van der Waals surface area (Å²) < 4.78 is 16.1. The minimum Gasteiger partial charge on any atom is -0.338 e. The number of carbonyl (C=O) groups excluding carboxylic acids is 3. The van der Waals surface area contributed by atoms with Crippen LogP contribution in [0, 0.1) is 5.82 Å². The molecule has 0 aliphatic carbocycles. The first-order valence-electron chi connectivity index (χ1n) is 12.8. The van der Waals surface area contributed by atoms with Gasteiger partial charge in [0.15, 0.2) is 0 Å². The summed E-state index contributed by atoms with van der Waals surface area (Å²) >= 11 is 0.858. The number of rotatable bonds is 6. The number of para-hydroxylation sites is 1. The molecule has 1 aromatic heterocycles. The van der Waals surface area contributed by atoms with Gasteiger partial charge in [-0.3, -0.25) is 19.3 Å². The predicted octanol–water partition coefficient (Wildman–Crippen LogP) is 5.98. The lowest BCUT2D eigenvalue weighted by Gasteiger charge is -2.33. The quantitative estimate of drug-likeness (QED) is 0.376. The van der Waals surface area contributed by atoms with Crippen LogP contribution in [0.25, 0.3) is 17.0 Å². The predicted molar refractivity (Wildman–Crippen MR) is 144 cm³/mol. The Kier molecular flexibility index (Phi) is 7.20. The molecule has 6 nitrogen and oxygen atoms in total. The topological polar surface area (TPSA) is 62.6 Å². The van der Waals surface area contributed by atoms with E-state index in [-0.39, 0.29) is 25.0 Å². The molecule has 2 aromatic carbocycles. The molecule has 2 aliphatic heterocycles. The van der Waals surface area contributed by atoms with Crippen molar-refractivity contribution in [1.29, 1.82) is 0 Å². The Morgan fingerprint density at radius 2 is 1.89 bits per heavy atom. The number of imide groups is 1. The molecule has 3 amide bonds. The summed E-state index contributed by atoms with van der Waals surface area (Å²) in [6, 6.07) is 12.4. The van der Waals surface area contributed by atoms with Gasteiger partial charge in [0.05, 0.1) is 17.0 Å². The molecule has 5 rings (SSSR count). The van der Waals surface area contributed by atoms with Crippen LogP contribution in [0.15, 0.2) is 53.6 Å². The number of piperidine rings is 1. The first kappa shape index (κ1) is 25.3. The first-order valence-corrected chi connectivity index (χ1v) is 13.6. The van der Waals surface area contributed by atoms with Crippen molar-refractivity contribution in [3.8, 4) is 0 Å². The standard InChI is InChI=1S/C29H30FN3O3S/c1-3-20-11-8-12-23-22(16-31(27(20)23)18-26(34)32-14-7-6-9-19(32)2)15-25-28(35)33(29(36)37-25)17-21-10-4-5-13-24(21)30/h4-5,8,10-13,15-16,19H,3,6-7,9,14,17-18H2,1-2H3/b25-15-/t19-/m0/s1. The maximum Gasteiger partial charge on any atom is 0.293 e. The molecule has 3 heterocycles. The Balaban J connectivity index is 1.47. The second kappa shape index (κ2) is 10.5. The van der Waals surface area contributed by atoms with Crippen molar-refractivity contribution >= 4 is 45.8 Å². The van der Waals surface area contributed by atoms with Gasteiger partial charge < -0.3 is 9.47 Å². The summed E-state index contributed by atoms with van der Waals surface area (Å²) in [7, 11) is 0. The second-order valence-electron chi connectivity index (χ2n) is 9.67. The van der Waals surface area contributed by atoms with Gasteiger partial charge in [0.25, 0.3) is 11.1 Å². The van der Waals surface area contributed by atoms with E-state index < -0.39 is 17.0 Å². The summed E-state index contributed by atoms with van der Waals surface area (Å²) in [6.07, 6.45) is 7.62. The van der Waals surface area contributed by atoms with Crippen molar-refractivity contribution in [2.45, 2.75) is 58.7 Å². The van der Waals surface area contributed by atoms with Crippen LogP contribution in [-0.4, -0.2) is 44.0 Å². The Bertz CT molecular complexity index is 1410. The Morgan fingerprint density at radius 3 is 2.65 bits per heavy atom. The smallest absolute Gasteiger partial charge is 0.293 e. The van der Waals surface area contributed by atoms with E-state index >= 15 is 0 Å². The molecular formula is C29H30FN3O3S. The molecule has 0 saturated carbocycles. The molecule has 192 valence electrons. The third-order valence-corrected chi connectivity index (χ3v) is 8.18. The number of halogens is 1. The van der Waals surface area contributed by atoms with E-state index in [2.05, 4.69) is 19.9 Å². The zero-order chi connectivity index (χ0) is 26.1. The molecule has 0 unspecified atom stereocenters. The van der Waals surface area contributed by atoms with Crippen LogP contribution < -0.4 is 0 Å². The number of thioether (sulfide) groups is 1. The summed E-state index contributed by atoms with van der Waals surface area (Å²) in [5.74, 6) is -0.802. The largest absolute Gasteiger partial charge is 0.338 e. The number of aromatic nitrogens is 1. The second-order valence-corrected chi connectivity index (χ2v) is 10.7. The number of nitrogens with zero attached hydrogens (tertiary/aromatic N) is 3. The normalized spacial score (nSPS) is 19.4. The van der Waals surface area contributed by atoms with Crippen molar-refractivity contribution in [2.75, 3.05) is 6.54 Å². The number of carbonyl (C=O) groups is 3. The summed E-state index contributed by atoms with van der Waals surface area (Å²) in [4.78, 5) is 42.4. The van der Waals surface area contributed by atoms with Crippen molar-refractivity contribution in [3.05, 3.63) is 76.1 Å². The summed E-state index contributed by atoms with van der Waals surface area (Å²) in [5, 5.41) is 0.506. The number of fused-ring (bicyclic) bond motifs is 1. The highest BCUT2D eigenvalue weighted by Crippen LogP contribution is 2.36. The minimum atomic E-state index is -0.451. The maximum absolute atomic E-state index is 14.1. The van der Waals surface area contributed by atoms with Gasteiger partial charge in [-0.15, -0.1) is 0 Å². The number of aryl methyl sites for hydroxylation is 1. The molecule has 37 heavy (non-hydrogen) atoms. The molecule has 2 saturated heterocycles. The van der Waals surface area contributed by atoms with E-state index in [4.69, 9.17) is 0 Å². The first-order chi connectivity index (χ1) is 17.9. The van der Waals surface area contributed by atoms with E-state index in [1.807, 2.05) is 27.8 Å².